The van der Waals surface area contributed by atoms with E-state index in [9.17, 15) is 0 Å². The molecule has 0 saturated heterocycles. The summed E-state index contributed by atoms with van der Waals surface area (Å²) in [4.78, 5) is 9.56. The minimum Gasteiger partial charge on any atom is -0.494 e. The van der Waals surface area contributed by atoms with Crippen LogP contribution in [0.2, 0.25) is 0 Å². The van der Waals surface area contributed by atoms with Crippen molar-refractivity contribution in [2.75, 3.05) is 6.61 Å². The lowest BCUT2D eigenvalue weighted by atomic mass is 9.79. The highest BCUT2D eigenvalue weighted by atomic mass is 16.5. The first kappa shape index (κ1) is 30.6. The summed E-state index contributed by atoms with van der Waals surface area (Å²) in [7, 11) is 0. The van der Waals surface area contributed by atoms with Crippen LogP contribution < -0.4 is 4.74 Å². The molecule has 0 radical (unpaired) electrons. The maximum atomic E-state index is 5.98. The Morgan fingerprint density at radius 2 is 1.18 bits per heavy atom. The molecule has 0 N–H and O–H groups in total. The standard InChI is InChI=1S/C35H56N2O/c1-3-5-7-8-9-10-11-12-13-15-27-38-34-25-21-31(22-26-34)17-18-32-28-36-35(37-29-32)33-23-19-30(20-24-33)16-14-6-4-2/h21-22,25-26,28-30,33H,3-20,23-24,27H2,1-2H3/t30-,33-. The third-order valence-corrected chi connectivity index (χ3v) is 8.55. The third-order valence-electron chi connectivity index (χ3n) is 8.55. The molecule has 212 valence electrons. The minimum atomic E-state index is 0.569. The van der Waals surface area contributed by atoms with Crippen LogP contribution in [-0.4, -0.2) is 16.6 Å². The number of ether oxygens (including phenoxy) is 1. The van der Waals surface area contributed by atoms with Crippen LogP contribution in [0.1, 0.15) is 152 Å². The molecule has 1 aromatic heterocycles. The summed E-state index contributed by atoms with van der Waals surface area (Å²) in [6, 6.07) is 8.68. The summed E-state index contributed by atoms with van der Waals surface area (Å²) in [6.45, 7) is 5.41. The SMILES string of the molecule is CCCCCCCCCCCCOc1ccc(CCc2cnc([C@H]3CC[C@H](CCCCC)CC3)nc2)cc1. The van der Waals surface area contributed by atoms with Crippen LogP contribution in [0.15, 0.2) is 36.7 Å². The molecule has 1 aromatic carbocycles. The number of hydrogen-bond acceptors (Lipinski definition) is 3. The van der Waals surface area contributed by atoms with Crippen molar-refractivity contribution in [3.8, 4) is 5.75 Å². The van der Waals surface area contributed by atoms with Gasteiger partial charge in [-0.15, -0.1) is 0 Å². The Labute approximate surface area is 234 Å². The zero-order valence-corrected chi connectivity index (χ0v) is 24.8. The Hall–Kier alpha value is -1.90. The van der Waals surface area contributed by atoms with E-state index in [0.717, 1.165) is 43.4 Å². The molecule has 38 heavy (non-hydrogen) atoms. The summed E-state index contributed by atoms with van der Waals surface area (Å²) >= 11 is 0. The Morgan fingerprint density at radius 1 is 0.632 bits per heavy atom. The van der Waals surface area contributed by atoms with E-state index in [1.807, 2.05) is 0 Å². The molecule has 0 aliphatic heterocycles. The minimum absolute atomic E-state index is 0.569. The van der Waals surface area contributed by atoms with Crippen molar-refractivity contribution < 1.29 is 4.74 Å². The molecule has 0 unspecified atom stereocenters. The number of rotatable bonds is 20. The first-order chi connectivity index (χ1) is 18.8. The van der Waals surface area contributed by atoms with Gasteiger partial charge in [0.2, 0.25) is 0 Å². The average molecular weight is 521 g/mol. The van der Waals surface area contributed by atoms with Crippen molar-refractivity contribution >= 4 is 0 Å². The fourth-order valence-corrected chi connectivity index (χ4v) is 5.92. The second-order valence-corrected chi connectivity index (χ2v) is 11.8. The van der Waals surface area contributed by atoms with Crippen LogP contribution >= 0.6 is 0 Å². The maximum Gasteiger partial charge on any atom is 0.131 e. The molecule has 1 fully saturated rings. The van der Waals surface area contributed by atoms with Crippen LogP contribution in [0.3, 0.4) is 0 Å². The van der Waals surface area contributed by atoms with E-state index in [-0.39, 0.29) is 0 Å². The highest BCUT2D eigenvalue weighted by Gasteiger charge is 2.23. The van der Waals surface area contributed by atoms with Gasteiger partial charge in [0.25, 0.3) is 0 Å². The van der Waals surface area contributed by atoms with Gasteiger partial charge in [0.05, 0.1) is 6.61 Å². The van der Waals surface area contributed by atoms with E-state index < -0.39 is 0 Å². The molecular weight excluding hydrogens is 464 g/mol. The smallest absolute Gasteiger partial charge is 0.131 e. The molecule has 3 rings (SSSR count). The molecule has 0 amide bonds. The quantitative estimate of drug-likeness (QED) is 0.163. The van der Waals surface area contributed by atoms with Gasteiger partial charge in [-0.25, -0.2) is 9.97 Å². The normalized spacial score (nSPS) is 17.5. The van der Waals surface area contributed by atoms with E-state index in [2.05, 4.69) is 50.5 Å². The second-order valence-electron chi connectivity index (χ2n) is 11.8. The van der Waals surface area contributed by atoms with Crippen LogP contribution in [0, 0.1) is 5.92 Å². The van der Waals surface area contributed by atoms with Gasteiger partial charge < -0.3 is 4.74 Å². The number of aryl methyl sites for hydroxylation is 2. The molecule has 0 bridgehead atoms. The van der Waals surface area contributed by atoms with E-state index in [0.29, 0.717) is 5.92 Å². The molecule has 2 aromatic rings. The lowest BCUT2D eigenvalue weighted by Gasteiger charge is -2.27. The molecule has 3 nitrogen and oxygen atoms in total. The predicted octanol–water partition coefficient (Wildman–Crippen LogP) is 10.4. The van der Waals surface area contributed by atoms with Crippen LogP contribution in [-0.2, 0) is 12.8 Å². The van der Waals surface area contributed by atoms with E-state index in [1.165, 1.54) is 120 Å². The summed E-state index contributed by atoms with van der Waals surface area (Å²) in [6.07, 6.45) is 30.5. The summed E-state index contributed by atoms with van der Waals surface area (Å²) in [5.74, 6) is 3.58. The highest BCUT2D eigenvalue weighted by molar-refractivity contribution is 5.28. The second kappa shape index (κ2) is 19.2. The largest absolute Gasteiger partial charge is 0.494 e. The fourth-order valence-electron chi connectivity index (χ4n) is 5.92. The Morgan fingerprint density at radius 3 is 1.82 bits per heavy atom. The monoisotopic (exact) mass is 520 g/mol. The van der Waals surface area contributed by atoms with E-state index >= 15 is 0 Å². The van der Waals surface area contributed by atoms with Crippen molar-refractivity contribution in [2.45, 2.75) is 148 Å². The van der Waals surface area contributed by atoms with Crippen molar-refractivity contribution in [3.05, 3.63) is 53.6 Å². The van der Waals surface area contributed by atoms with E-state index in [1.54, 1.807) is 0 Å². The molecular formula is C35H56N2O. The van der Waals surface area contributed by atoms with Crippen molar-refractivity contribution in [2.24, 2.45) is 5.92 Å². The zero-order chi connectivity index (χ0) is 26.7. The summed E-state index contributed by atoms with van der Waals surface area (Å²) in [5.41, 5.74) is 2.59. The number of nitrogens with zero attached hydrogens (tertiary/aromatic N) is 2. The fraction of sp³-hybridized carbons (Fsp3) is 0.714. The highest BCUT2D eigenvalue weighted by Crippen LogP contribution is 2.36. The molecule has 0 atom stereocenters. The number of hydrogen-bond donors (Lipinski definition) is 0. The molecule has 3 heteroatoms. The van der Waals surface area contributed by atoms with Gasteiger partial charge in [-0.1, -0.05) is 109 Å². The van der Waals surface area contributed by atoms with E-state index in [4.69, 9.17) is 14.7 Å². The van der Waals surface area contributed by atoms with Crippen LogP contribution in [0.4, 0.5) is 0 Å². The lowest BCUT2D eigenvalue weighted by Crippen LogP contribution is -2.15. The van der Waals surface area contributed by atoms with Crippen LogP contribution in [0.5, 0.6) is 5.75 Å². The summed E-state index contributed by atoms with van der Waals surface area (Å²) in [5, 5.41) is 0. The Bertz CT molecular complexity index is 824. The predicted molar refractivity (Wildman–Crippen MR) is 162 cm³/mol. The maximum absolute atomic E-state index is 5.98. The number of aromatic nitrogens is 2. The average Bonchev–Trinajstić information content (AvgIpc) is 2.96. The zero-order valence-electron chi connectivity index (χ0n) is 24.8. The van der Waals surface area contributed by atoms with Gasteiger partial charge in [-0.3, -0.25) is 0 Å². The van der Waals surface area contributed by atoms with Gasteiger partial charge in [-0.05, 0) is 74.1 Å². The Kier molecular flexibility index (Phi) is 15.5. The first-order valence-corrected chi connectivity index (χ1v) is 16.3. The van der Waals surface area contributed by atoms with Gasteiger partial charge >= 0.3 is 0 Å². The third kappa shape index (κ3) is 12.3. The van der Waals surface area contributed by atoms with Gasteiger partial charge in [0, 0.05) is 18.3 Å². The molecule has 0 spiro atoms. The van der Waals surface area contributed by atoms with Gasteiger partial charge in [0.15, 0.2) is 0 Å². The van der Waals surface area contributed by atoms with Crippen molar-refractivity contribution in [1.29, 1.82) is 0 Å². The molecule has 1 aliphatic rings. The van der Waals surface area contributed by atoms with Gasteiger partial charge in [-0.2, -0.15) is 0 Å². The number of benzene rings is 1. The summed E-state index contributed by atoms with van der Waals surface area (Å²) < 4.78 is 5.98. The topological polar surface area (TPSA) is 35.0 Å². The van der Waals surface area contributed by atoms with Crippen molar-refractivity contribution in [1.82, 2.24) is 9.97 Å². The van der Waals surface area contributed by atoms with Gasteiger partial charge in [0.1, 0.15) is 11.6 Å². The molecule has 1 aliphatic carbocycles. The number of unbranched alkanes of at least 4 members (excludes halogenated alkanes) is 11. The Balaban J connectivity index is 1.25. The lowest BCUT2D eigenvalue weighted by molar-refractivity contribution is 0.297. The van der Waals surface area contributed by atoms with Crippen LogP contribution in [0.25, 0.3) is 0 Å². The van der Waals surface area contributed by atoms with Crippen molar-refractivity contribution in [3.63, 3.8) is 0 Å². The molecule has 1 saturated carbocycles. The molecule has 1 heterocycles. The first-order valence-electron chi connectivity index (χ1n) is 16.3.